The van der Waals surface area contributed by atoms with Gasteiger partial charge >= 0.3 is 0 Å². The molecule has 182 valence electrons. The van der Waals surface area contributed by atoms with E-state index in [4.69, 9.17) is 9.47 Å². The SMILES string of the molecule is COc1ccc(CN(Cc2ccc(OC)cc2)S(=O)(=O)C(C)C(O)c2ccc(Br)cc2Br)cc1. The van der Waals surface area contributed by atoms with Crippen molar-refractivity contribution in [1.29, 1.82) is 0 Å². The number of rotatable bonds is 10. The molecular formula is C25H27Br2NO5S. The van der Waals surface area contributed by atoms with Crippen LogP contribution in [0.3, 0.4) is 0 Å². The predicted molar refractivity (Wildman–Crippen MR) is 140 cm³/mol. The molecule has 0 aliphatic carbocycles. The molecule has 0 aliphatic heterocycles. The van der Waals surface area contributed by atoms with Gasteiger partial charge in [-0.15, -0.1) is 0 Å². The van der Waals surface area contributed by atoms with Gasteiger partial charge in [0.1, 0.15) is 16.7 Å². The van der Waals surface area contributed by atoms with Crippen molar-refractivity contribution in [3.63, 3.8) is 0 Å². The molecule has 0 fully saturated rings. The van der Waals surface area contributed by atoms with Crippen LogP contribution < -0.4 is 9.47 Å². The number of sulfonamides is 1. The van der Waals surface area contributed by atoms with E-state index < -0.39 is 21.4 Å². The Bertz CT molecular complexity index is 1150. The van der Waals surface area contributed by atoms with Gasteiger partial charge in [0, 0.05) is 22.0 Å². The molecule has 0 aliphatic rings. The second-order valence-corrected chi connectivity index (χ2v) is 11.9. The van der Waals surface area contributed by atoms with Crippen molar-refractivity contribution in [2.24, 2.45) is 0 Å². The lowest BCUT2D eigenvalue weighted by Crippen LogP contribution is -2.39. The Morgan fingerprint density at radius 1 is 0.853 bits per heavy atom. The van der Waals surface area contributed by atoms with Crippen LogP contribution in [0.4, 0.5) is 0 Å². The van der Waals surface area contributed by atoms with Crippen LogP contribution >= 0.6 is 31.9 Å². The lowest BCUT2D eigenvalue weighted by Gasteiger charge is -2.29. The van der Waals surface area contributed by atoms with Crippen LogP contribution in [0.15, 0.2) is 75.7 Å². The number of methoxy groups -OCH3 is 2. The normalized spacial score (nSPS) is 13.5. The minimum atomic E-state index is -3.91. The van der Waals surface area contributed by atoms with Crippen molar-refractivity contribution in [1.82, 2.24) is 4.31 Å². The Morgan fingerprint density at radius 2 is 1.32 bits per heavy atom. The largest absolute Gasteiger partial charge is 0.497 e. The van der Waals surface area contributed by atoms with Crippen LogP contribution in [0.5, 0.6) is 11.5 Å². The monoisotopic (exact) mass is 611 g/mol. The summed E-state index contributed by atoms with van der Waals surface area (Å²) in [5.41, 5.74) is 2.13. The molecule has 2 unspecified atom stereocenters. The highest BCUT2D eigenvalue weighted by Gasteiger charge is 2.35. The Morgan fingerprint density at radius 3 is 1.74 bits per heavy atom. The van der Waals surface area contributed by atoms with E-state index in [-0.39, 0.29) is 13.1 Å². The molecular weight excluding hydrogens is 586 g/mol. The molecule has 0 heterocycles. The third kappa shape index (κ3) is 6.40. The first kappa shape index (κ1) is 26.7. The first-order valence-corrected chi connectivity index (χ1v) is 13.6. The van der Waals surface area contributed by atoms with E-state index in [0.717, 1.165) is 15.6 Å². The van der Waals surface area contributed by atoms with Crippen LogP contribution in [-0.2, 0) is 23.1 Å². The molecule has 1 N–H and O–H groups in total. The van der Waals surface area contributed by atoms with Gasteiger partial charge in [-0.2, -0.15) is 4.31 Å². The molecule has 0 radical (unpaired) electrons. The first-order chi connectivity index (χ1) is 16.1. The molecule has 3 rings (SSSR count). The van der Waals surface area contributed by atoms with Crippen LogP contribution in [0, 0.1) is 0 Å². The molecule has 0 saturated carbocycles. The average molecular weight is 613 g/mol. The summed E-state index contributed by atoms with van der Waals surface area (Å²) >= 11 is 6.82. The molecule has 34 heavy (non-hydrogen) atoms. The third-order valence-corrected chi connectivity index (χ3v) is 8.95. The van der Waals surface area contributed by atoms with Crippen molar-refractivity contribution < 1.29 is 23.0 Å². The zero-order chi connectivity index (χ0) is 24.9. The average Bonchev–Trinajstić information content (AvgIpc) is 2.83. The highest BCUT2D eigenvalue weighted by Crippen LogP contribution is 2.33. The van der Waals surface area contributed by atoms with Gasteiger partial charge in [-0.25, -0.2) is 8.42 Å². The highest BCUT2D eigenvalue weighted by atomic mass is 79.9. The van der Waals surface area contributed by atoms with Crippen molar-refractivity contribution in [2.75, 3.05) is 14.2 Å². The van der Waals surface area contributed by atoms with E-state index in [1.807, 2.05) is 24.3 Å². The van der Waals surface area contributed by atoms with Gasteiger partial charge in [-0.1, -0.05) is 62.2 Å². The highest BCUT2D eigenvalue weighted by molar-refractivity contribution is 9.11. The second kappa shape index (κ2) is 11.7. The quantitative estimate of drug-likeness (QED) is 0.319. The van der Waals surface area contributed by atoms with Gasteiger partial charge < -0.3 is 14.6 Å². The van der Waals surface area contributed by atoms with Crippen LogP contribution in [0.25, 0.3) is 0 Å². The maximum Gasteiger partial charge on any atom is 0.220 e. The molecule has 2 atom stereocenters. The van der Waals surface area contributed by atoms with Crippen LogP contribution in [0.1, 0.15) is 29.7 Å². The Hall–Kier alpha value is -1.91. The van der Waals surface area contributed by atoms with E-state index in [2.05, 4.69) is 31.9 Å². The third-order valence-electron chi connectivity index (χ3n) is 5.59. The molecule has 0 amide bonds. The zero-order valence-corrected chi connectivity index (χ0v) is 23.1. The van der Waals surface area contributed by atoms with Gasteiger partial charge in [0.2, 0.25) is 10.0 Å². The summed E-state index contributed by atoms with van der Waals surface area (Å²) in [7, 11) is -0.751. The summed E-state index contributed by atoms with van der Waals surface area (Å²) < 4.78 is 40.8. The number of hydrogen-bond acceptors (Lipinski definition) is 5. The molecule has 0 saturated heterocycles. The van der Waals surface area contributed by atoms with Crippen molar-refractivity contribution in [2.45, 2.75) is 31.4 Å². The molecule has 0 bridgehead atoms. The van der Waals surface area contributed by atoms with E-state index in [1.54, 1.807) is 56.7 Å². The predicted octanol–water partition coefficient (Wildman–Crippen LogP) is 5.68. The maximum absolute atomic E-state index is 13.8. The molecule has 0 spiro atoms. The van der Waals surface area contributed by atoms with Crippen molar-refractivity contribution in [3.8, 4) is 11.5 Å². The van der Waals surface area contributed by atoms with Crippen molar-refractivity contribution >= 4 is 41.9 Å². The molecule has 6 nitrogen and oxygen atoms in total. The number of aliphatic hydroxyl groups is 1. The van der Waals surface area contributed by atoms with Gasteiger partial charge in [-0.05, 0) is 60.0 Å². The summed E-state index contributed by atoms with van der Waals surface area (Å²) in [4.78, 5) is 0. The van der Waals surface area contributed by atoms with E-state index in [9.17, 15) is 13.5 Å². The number of benzene rings is 3. The van der Waals surface area contributed by atoms with Gasteiger partial charge in [0.05, 0.1) is 20.3 Å². The number of halogens is 2. The molecule has 3 aromatic carbocycles. The molecule has 0 aromatic heterocycles. The van der Waals surface area contributed by atoms with Crippen LogP contribution in [-0.4, -0.2) is 37.3 Å². The lowest BCUT2D eigenvalue weighted by atomic mass is 10.1. The van der Waals surface area contributed by atoms with Crippen LogP contribution in [0.2, 0.25) is 0 Å². The fourth-order valence-electron chi connectivity index (χ4n) is 3.50. The fourth-order valence-corrected chi connectivity index (χ4v) is 6.38. The maximum atomic E-state index is 13.8. The molecule has 9 heteroatoms. The number of nitrogens with zero attached hydrogens (tertiary/aromatic N) is 1. The minimum absolute atomic E-state index is 0.150. The second-order valence-electron chi connectivity index (χ2n) is 7.82. The number of ether oxygens (including phenoxy) is 2. The van der Waals surface area contributed by atoms with Gasteiger partial charge in [0.25, 0.3) is 0 Å². The lowest BCUT2D eigenvalue weighted by molar-refractivity contribution is 0.171. The van der Waals surface area contributed by atoms with E-state index in [1.165, 1.54) is 11.2 Å². The smallest absolute Gasteiger partial charge is 0.220 e. The number of aliphatic hydroxyl groups excluding tert-OH is 1. The minimum Gasteiger partial charge on any atom is -0.497 e. The molecule has 3 aromatic rings. The Kier molecular flexibility index (Phi) is 9.17. The Labute approximate surface area is 217 Å². The van der Waals surface area contributed by atoms with E-state index >= 15 is 0 Å². The zero-order valence-electron chi connectivity index (χ0n) is 19.1. The summed E-state index contributed by atoms with van der Waals surface area (Å²) in [5, 5.41) is 9.95. The summed E-state index contributed by atoms with van der Waals surface area (Å²) in [6.07, 6.45) is -1.22. The van der Waals surface area contributed by atoms with Gasteiger partial charge in [-0.3, -0.25) is 0 Å². The topological polar surface area (TPSA) is 76.1 Å². The standard InChI is InChI=1S/C25H27Br2NO5S/c1-17(25(29)23-13-8-20(26)14-24(23)27)34(30,31)28(15-18-4-9-21(32-2)10-5-18)16-19-6-11-22(33-3)12-7-19/h4-14,17,25,29H,15-16H2,1-3H3. The van der Waals surface area contributed by atoms with Gasteiger partial charge in [0.15, 0.2) is 0 Å². The fraction of sp³-hybridized carbons (Fsp3) is 0.280. The summed E-state index contributed by atoms with van der Waals surface area (Å²) in [6.45, 7) is 1.83. The van der Waals surface area contributed by atoms with E-state index in [0.29, 0.717) is 21.5 Å². The summed E-state index contributed by atoms with van der Waals surface area (Å²) in [6, 6.07) is 19.8. The number of hydrogen-bond donors (Lipinski definition) is 1. The first-order valence-electron chi connectivity index (χ1n) is 10.5. The van der Waals surface area contributed by atoms with Crippen molar-refractivity contribution in [3.05, 3.63) is 92.4 Å². The summed E-state index contributed by atoms with van der Waals surface area (Å²) in [5.74, 6) is 1.38. The Balaban J connectivity index is 1.93.